The lowest BCUT2D eigenvalue weighted by atomic mass is 9.41. The number of nitrogens with zero attached hydrogens (tertiary/aromatic N) is 1. The van der Waals surface area contributed by atoms with Gasteiger partial charge in [0.15, 0.2) is 11.6 Å². The molecule has 0 aliphatic heterocycles. The molecule has 0 radical (unpaired) electrons. The molecule has 0 aromatic carbocycles. The summed E-state index contributed by atoms with van der Waals surface area (Å²) in [6, 6.07) is 2.18. The maximum Gasteiger partial charge on any atom is 0.407 e. The van der Waals surface area contributed by atoms with Gasteiger partial charge in [0.1, 0.15) is 12.7 Å². The molecule has 3 aliphatic rings. The molecule has 0 bridgehead atoms. The standard InChI is InChI=1S/C36H54N2O4/c1-11-21-42-30(41)38-34(8)19-17-31(3,4)14-12-15-33(7,18-20-34)36(10)16-13-27-32(5,6)29(40)26(24-37)23-35(27,9)28(36)22-25(2)39/h11,22-23,27H,1,12-21H2,2-10H3,(H,38,41)/b28-22-/t27-,33-,34-,35-,36+/m0/s1. The number of amides is 1. The van der Waals surface area contributed by atoms with Crippen LogP contribution < -0.4 is 5.32 Å². The van der Waals surface area contributed by atoms with Gasteiger partial charge in [0.2, 0.25) is 0 Å². The molecule has 3 aliphatic carbocycles. The van der Waals surface area contributed by atoms with Crippen molar-refractivity contribution in [1.29, 1.82) is 5.26 Å². The zero-order valence-corrected chi connectivity index (χ0v) is 27.7. The molecule has 232 valence electrons. The number of nitrogens with one attached hydrogen (secondary N) is 1. The van der Waals surface area contributed by atoms with Crippen LogP contribution in [0.15, 0.2) is 36.0 Å². The Morgan fingerprint density at radius 1 is 1.02 bits per heavy atom. The molecule has 0 unspecified atom stereocenters. The summed E-state index contributed by atoms with van der Waals surface area (Å²) in [7, 11) is 0. The van der Waals surface area contributed by atoms with E-state index in [2.05, 4.69) is 59.5 Å². The Balaban J connectivity index is 2.14. The summed E-state index contributed by atoms with van der Waals surface area (Å²) in [6.45, 7) is 22.9. The minimum atomic E-state index is -0.707. The Morgan fingerprint density at radius 3 is 2.26 bits per heavy atom. The molecule has 0 aromatic heterocycles. The highest BCUT2D eigenvalue weighted by molar-refractivity contribution is 6.04. The molecule has 0 heterocycles. The molecule has 0 saturated heterocycles. The molecule has 5 atom stereocenters. The van der Waals surface area contributed by atoms with Gasteiger partial charge in [-0.05, 0) is 93.5 Å². The maximum absolute atomic E-state index is 13.3. The number of hydrogen-bond acceptors (Lipinski definition) is 5. The van der Waals surface area contributed by atoms with Crippen LogP contribution in [0.5, 0.6) is 0 Å². The van der Waals surface area contributed by atoms with Crippen molar-refractivity contribution in [3.8, 4) is 6.07 Å². The Bertz CT molecular complexity index is 1220. The fourth-order valence-electron chi connectivity index (χ4n) is 8.63. The average molecular weight is 579 g/mol. The highest BCUT2D eigenvalue weighted by atomic mass is 16.5. The van der Waals surface area contributed by atoms with Gasteiger partial charge in [-0.15, -0.1) is 0 Å². The van der Waals surface area contributed by atoms with Gasteiger partial charge in [0.05, 0.1) is 5.57 Å². The first-order valence-corrected chi connectivity index (χ1v) is 15.8. The van der Waals surface area contributed by atoms with Crippen molar-refractivity contribution in [3.05, 3.63) is 36.0 Å². The summed E-state index contributed by atoms with van der Waals surface area (Å²) >= 11 is 0. The van der Waals surface area contributed by atoms with Crippen LogP contribution in [0.2, 0.25) is 0 Å². The van der Waals surface area contributed by atoms with E-state index in [-0.39, 0.29) is 45.9 Å². The predicted molar refractivity (Wildman–Crippen MR) is 167 cm³/mol. The van der Waals surface area contributed by atoms with E-state index in [0.717, 1.165) is 63.4 Å². The smallest absolute Gasteiger partial charge is 0.407 e. The lowest BCUT2D eigenvalue weighted by molar-refractivity contribution is -0.131. The third-order valence-electron chi connectivity index (χ3n) is 11.7. The quantitative estimate of drug-likeness (QED) is 0.261. The molecule has 1 N–H and O–H groups in total. The number of rotatable bonds is 5. The molecule has 3 rings (SSSR count). The molecule has 6 heteroatoms. The molecular weight excluding hydrogens is 524 g/mol. The Hall–Kier alpha value is -2.68. The van der Waals surface area contributed by atoms with E-state index < -0.39 is 22.5 Å². The zero-order chi connectivity index (χ0) is 31.8. The summed E-state index contributed by atoms with van der Waals surface area (Å²) in [5, 5.41) is 13.2. The van der Waals surface area contributed by atoms with E-state index in [9.17, 15) is 19.6 Å². The van der Waals surface area contributed by atoms with E-state index in [1.54, 1.807) is 13.0 Å². The number of ketones is 2. The fraction of sp³-hybridized carbons (Fsp3) is 0.722. The number of carbonyl (C=O) groups excluding carboxylic acids is 3. The van der Waals surface area contributed by atoms with Crippen LogP contribution in [-0.4, -0.2) is 29.8 Å². The highest BCUT2D eigenvalue weighted by Crippen LogP contribution is 2.68. The molecular formula is C36H54N2O4. The van der Waals surface area contributed by atoms with E-state index in [0.29, 0.717) is 0 Å². The normalized spacial score (nSPS) is 37.4. The second kappa shape index (κ2) is 11.8. The number of carbonyl (C=O) groups is 3. The molecule has 2 saturated carbocycles. The van der Waals surface area contributed by atoms with E-state index in [1.165, 1.54) is 0 Å². The van der Waals surface area contributed by atoms with Crippen LogP contribution in [-0.2, 0) is 14.3 Å². The second-order valence-corrected chi connectivity index (χ2v) is 15.7. The first kappa shape index (κ1) is 33.8. The Labute approximate surface area is 254 Å². The number of alkyl carbamates (subject to hydrolysis) is 1. The third-order valence-corrected chi connectivity index (χ3v) is 11.7. The van der Waals surface area contributed by atoms with Gasteiger partial charge in [0, 0.05) is 16.4 Å². The van der Waals surface area contributed by atoms with Crippen LogP contribution in [0.3, 0.4) is 0 Å². The van der Waals surface area contributed by atoms with Gasteiger partial charge in [-0.3, -0.25) is 9.59 Å². The number of hydrogen-bond donors (Lipinski definition) is 1. The minimum Gasteiger partial charge on any atom is -0.445 e. The Morgan fingerprint density at radius 2 is 1.67 bits per heavy atom. The number of Topliss-reactive ketones (excluding diaryl/α,β-unsaturated/α-hetero) is 1. The lowest BCUT2D eigenvalue weighted by Crippen LogP contribution is -2.56. The third kappa shape index (κ3) is 6.31. The monoisotopic (exact) mass is 578 g/mol. The molecule has 2 fully saturated rings. The molecule has 0 aromatic rings. The number of nitriles is 1. The largest absolute Gasteiger partial charge is 0.445 e. The first-order valence-electron chi connectivity index (χ1n) is 15.8. The van der Waals surface area contributed by atoms with Gasteiger partial charge in [-0.25, -0.2) is 4.79 Å². The SMILES string of the molecule is C=CCOC(=O)N[C@@]1(C)CCC(C)(C)CCC[C@](C)([C@]2(C)CC[C@H]3C(C)(C)C(=O)C(C#N)=C[C@]3(C)/C2=C/C(C)=O)CC1. The van der Waals surface area contributed by atoms with Crippen molar-refractivity contribution in [1.82, 2.24) is 5.32 Å². The highest BCUT2D eigenvalue weighted by Gasteiger charge is 2.61. The van der Waals surface area contributed by atoms with E-state index in [4.69, 9.17) is 4.74 Å². The van der Waals surface area contributed by atoms with Crippen molar-refractivity contribution < 1.29 is 19.1 Å². The Kier molecular flexibility index (Phi) is 9.48. The van der Waals surface area contributed by atoms with Crippen molar-refractivity contribution in [2.45, 2.75) is 126 Å². The maximum atomic E-state index is 13.3. The predicted octanol–water partition coefficient (Wildman–Crippen LogP) is 8.43. The van der Waals surface area contributed by atoms with Gasteiger partial charge in [-0.2, -0.15) is 5.26 Å². The van der Waals surface area contributed by atoms with Gasteiger partial charge in [-0.1, -0.05) is 79.2 Å². The number of fused-ring (bicyclic) bond motifs is 1. The molecule has 6 nitrogen and oxygen atoms in total. The van der Waals surface area contributed by atoms with Gasteiger partial charge in [0.25, 0.3) is 0 Å². The van der Waals surface area contributed by atoms with Crippen LogP contribution in [0.25, 0.3) is 0 Å². The van der Waals surface area contributed by atoms with Crippen molar-refractivity contribution in [2.24, 2.45) is 33.0 Å². The molecule has 0 spiro atoms. The average Bonchev–Trinajstić information content (AvgIpc) is 2.89. The zero-order valence-electron chi connectivity index (χ0n) is 27.7. The number of allylic oxidation sites excluding steroid dienone is 4. The van der Waals surface area contributed by atoms with Crippen molar-refractivity contribution >= 4 is 17.7 Å². The van der Waals surface area contributed by atoms with Crippen LogP contribution in [0.1, 0.15) is 120 Å². The van der Waals surface area contributed by atoms with Gasteiger partial charge >= 0.3 is 6.09 Å². The summed E-state index contributed by atoms with van der Waals surface area (Å²) in [5.74, 6) is -0.127. The topological polar surface area (TPSA) is 96.3 Å². The summed E-state index contributed by atoms with van der Waals surface area (Å²) < 4.78 is 5.33. The van der Waals surface area contributed by atoms with Crippen LogP contribution in [0, 0.1) is 44.3 Å². The fourth-order valence-corrected chi connectivity index (χ4v) is 8.63. The van der Waals surface area contributed by atoms with E-state index in [1.807, 2.05) is 26.0 Å². The second-order valence-electron chi connectivity index (χ2n) is 15.7. The number of ether oxygens (including phenoxy) is 1. The minimum absolute atomic E-state index is 0.0121. The van der Waals surface area contributed by atoms with Crippen LogP contribution in [0.4, 0.5) is 4.79 Å². The summed E-state index contributed by atoms with van der Waals surface area (Å²) in [4.78, 5) is 39.0. The lowest BCUT2D eigenvalue weighted by Gasteiger charge is -2.62. The first-order chi connectivity index (χ1) is 19.3. The van der Waals surface area contributed by atoms with Crippen molar-refractivity contribution in [2.75, 3.05) is 6.61 Å². The molecule has 42 heavy (non-hydrogen) atoms. The molecule has 1 amide bonds. The van der Waals surface area contributed by atoms with Crippen molar-refractivity contribution in [3.63, 3.8) is 0 Å². The van der Waals surface area contributed by atoms with Gasteiger partial charge < -0.3 is 10.1 Å². The summed E-state index contributed by atoms with van der Waals surface area (Å²) in [6.07, 6.45) is 13.1. The van der Waals surface area contributed by atoms with E-state index >= 15 is 0 Å². The van der Waals surface area contributed by atoms with Crippen LogP contribution >= 0.6 is 0 Å². The summed E-state index contributed by atoms with van der Waals surface area (Å²) in [5.41, 5.74) is -0.955.